The van der Waals surface area contributed by atoms with Crippen molar-refractivity contribution in [1.82, 2.24) is 0 Å². The van der Waals surface area contributed by atoms with Crippen LogP contribution in [0, 0.1) is 11.6 Å². The molecule has 0 unspecified atom stereocenters. The third-order valence-electron chi connectivity index (χ3n) is 1.94. The molecule has 0 aromatic heterocycles. The van der Waals surface area contributed by atoms with Crippen LogP contribution in [0.1, 0.15) is 5.56 Å². The van der Waals surface area contributed by atoms with E-state index in [1.54, 1.807) is 0 Å². The van der Waals surface area contributed by atoms with E-state index in [1.165, 1.54) is 0 Å². The molecule has 0 atom stereocenters. The lowest BCUT2D eigenvalue weighted by molar-refractivity contribution is -0.135. The fraction of sp³-hybridized carbons (Fsp3) is 0.182. The predicted octanol–water partition coefficient (Wildman–Crippen LogP) is 3.08. The molecule has 18 heavy (non-hydrogen) atoms. The minimum absolute atomic E-state index is 0.133. The molecule has 0 saturated heterocycles. The quantitative estimate of drug-likeness (QED) is 0.467. The smallest absolute Gasteiger partial charge is 0.417 e. The standard InChI is InChI=1S/C11H7F5O2/c1-18-10(17)5-9(11(14,15)16)6-2-7(12)4-8(13)3-6/h2-5H,1H3/b9-5+. The van der Waals surface area contributed by atoms with Gasteiger partial charge in [0, 0.05) is 12.1 Å². The molecule has 0 aliphatic heterocycles. The zero-order valence-electron chi connectivity index (χ0n) is 9.02. The molecular weight excluding hydrogens is 259 g/mol. The molecule has 0 N–H and O–H groups in total. The van der Waals surface area contributed by atoms with E-state index in [4.69, 9.17) is 0 Å². The van der Waals surface area contributed by atoms with Gasteiger partial charge in [0.1, 0.15) is 11.6 Å². The average molecular weight is 266 g/mol. The number of ether oxygens (including phenoxy) is 1. The zero-order valence-corrected chi connectivity index (χ0v) is 9.02. The molecule has 0 radical (unpaired) electrons. The number of rotatable bonds is 2. The first-order valence-corrected chi connectivity index (χ1v) is 4.57. The number of hydrogen-bond acceptors (Lipinski definition) is 2. The van der Waals surface area contributed by atoms with Gasteiger partial charge in [0.15, 0.2) is 0 Å². The van der Waals surface area contributed by atoms with Gasteiger partial charge in [0.05, 0.1) is 12.7 Å². The summed E-state index contributed by atoms with van der Waals surface area (Å²) in [4.78, 5) is 10.8. The Morgan fingerprint density at radius 1 is 1.17 bits per heavy atom. The van der Waals surface area contributed by atoms with Crippen molar-refractivity contribution in [3.05, 3.63) is 41.5 Å². The minimum Gasteiger partial charge on any atom is -0.466 e. The Hall–Kier alpha value is -1.92. The Morgan fingerprint density at radius 2 is 1.67 bits per heavy atom. The Balaban J connectivity index is 3.35. The largest absolute Gasteiger partial charge is 0.466 e. The monoisotopic (exact) mass is 266 g/mol. The van der Waals surface area contributed by atoms with Crippen molar-refractivity contribution in [3.8, 4) is 0 Å². The van der Waals surface area contributed by atoms with Gasteiger partial charge >= 0.3 is 12.1 Å². The maximum atomic E-state index is 12.8. The summed E-state index contributed by atoms with van der Waals surface area (Å²) in [6.45, 7) is 0. The van der Waals surface area contributed by atoms with Crippen LogP contribution in [0.3, 0.4) is 0 Å². The van der Waals surface area contributed by atoms with Crippen molar-refractivity contribution in [2.75, 3.05) is 7.11 Å². The summed E-state index contributed by atoms with van der Waals surface area (Å²) in [7, 11) is 0.888. The van der Waals surface area contributed by atoms with Gasteiger partial charge < -0.3 is 4.74 Å². The van der Waals surface area contributed by atoms with Crippen molar-refractivity contribution in [3.63, 3.8) is 0 Å². The van der Waals surface area contributed by atoms with Crippen LogP contribution in [0.2, 0.25) is 0 Å². The number of carbonyl (C=O) groups excluding carboxylic acids is 1. The number of benzene rings is 1. The van der Waals surface area contributed by atoms with Crippen LogP contribution < -0.4 is 0 Å². The number of hydrogen-bond donors (Lipinski definition) is 0. The van der Waals surface area contributed by atoms with Crippen LogP contribution in [0.15, 0.2) is 24.3 Å². The van der Waals surface area contributed by atoms with Crippen molar-refractivity contribution in [1.29, 1.82) is 0 Å². The van der Waals surface area contributed by atoms with Crippen LogP contribution in [0.5, 0.6) is 0 Å². The fourth-order valence-electron chi connectivity index (χ4n) is 1.21. The van der Waals surface area contributed by atoms with E-state index in [9.17, 15) is 26.7 Å². The van der Waals surface area contributed by atoms with E-state index in [0.717, 1.165) is 7.11 Å². The number of alkyl halides is 3. The molecule has 0 bridgehead atoms. The van der Waals surface area contributed by atoms with Gasteiger partial charge in [-0.1, -0.05) is 0 Å². The summed E-state index contributed by atoms with van der Waals surface area (Å²) < 4.78 is 67.7. The van der Waals surface area contributed by atoms with Gasteiger partial charge in [-0.3, -0.25) is 0 Å². The highest BCUT2D eigenvalue weighted by Gasteiger charge is 2.36. The molecule has 1 rings (SSSR count). The summed E-state index contributed by atoms with van der Waals surface area (Å²) in [6.07, 6.45) is -4.80. The van der Waals surface area contributed by atoms with Crippen LogP contribution in [0.25, 0.3) is 5.57 Å². The topological polar surface area (TPSA) is 26.3 Å². The maximum Gasteiger partial charge on any atom is 0.417 e. The number of carbonyl (C=O) groups is 1. The summed E-state index contributed by atoms with van der Waals surface area (Å²) in [6, 6.07) is 1.38. The number of halogens is 5. The van der Waals surface area contributed by atoms with E-state index < -0.39 is 34.9 Å². The SMILES string of the molecule is COC(=O)/C=C(\c1cc(F)cc(F)c1)C(F)(F)F. The molecule has 1 aromatic carbocycles. The van der Waals surface area contributed by atoms with E-state index in [2.05, 4.69) is 4.74 Å². The Labute approximate surface area is 98.7 Å². The summed E-state index contributed by atoms with van der Waals surface area (Å²) in [5.74, 6) is -3.62. The molecule has 2 nitrogen and oxygen atoms in total. The highest BCUT2D eigenvalue weighted by Crippen LogP contribution is 2.34. The highest BCUT2D eigenvalue weighted by molar-refractivity contribution is 5.92. The number of methoxy groups -OCH3 is 1. The first-order chi connectivity index (χ1) is 8.24. The molecule has 0 aliphatic carbocycles. The lowest BCUT2D eigenvalue weighted by Gasteiger charge is -2.11. The summed E-state index contributed by atoms with van der Waals surface area (Å²) >= 11 is 0. The Morgan fingerprint density at radius 3 is 2.06 bits per heavy atom. The molecule has 0 fully saturated rings. The third-order valence-corrected chi connectivity index (χ3v) is 1.94. The number of allylic oxidation sites excluding steroid dienone is 1. The van der Waals surface area contributed by atoms with Crippen molar-refractivity contribution in [2.45, 2.75) is 6.18 Å². The van der Waals surface area contributed by atoms with Crippen LogP contribution in [-0.4, -0.2) is 19.3 Å². The van der Waals surface area contributed by atoms with Gasteiger partial charge in [0.25, 0.3) is 0 Å². The molecule has 0 spiro atoms. The molecule has 7 heteroatoms. The van der Waals surface area contributed by atoms with E-state index in [-0.39, 0.29) is 6.08 Å². The highest BCUT2D eigenvalue weighted by atomic mass is 19.4. The second-order valence-corrected chi connectivity index (χ2v) is 3.24. The molecule has 1 aromatic rings. The second kappa shape index (κ2) is 5.16. The Kier molecular flexibility index (Phi) is 4.05. The molecule has 0 heterocycles. The zero-order chi connectivity index (χ0) is 13.9. The lowest BCUT2D eigenvalue weighted by Crippen LogP contribution is -2.13. The second-order valence-electron chi connectivity index (χ2n) is 3.24. The molecule has 98 valence electrons. The number of esters is 1. The normalized spacial score (nSPS) is 12.4. The van der Waals surface area contributed by atoms with Gasteiger partial charge in [-0.15, -0.1) is 0 Å². The Bertz CT molecular complexity index is 470. The summed E-state index contributed by atoms with van der Waals surface area (Å²) in [5, 5.41) is 0. The van der Waals surface area contributed by atoms with Crippen molar-refractivity contribution < 1.29 is 31.5 Å². The van der Waals surface area contributed by atoms with Crippen LogP contribution in [0.4, 0.5) is 22.0 Å². The first-order valence-electron chi connectivity index (χ1n) is 4.57. The molecule has 0 aliphatic rings. The molecule has 0 amide bonds. The van der Waals surface area contributed by atoms with Gasteiger partial charge in [0.2, 0.25) is 0 Å². The maximum absolute atomic E-state index is 12.8. The van der Waals surface area contributed by atoms with Crippen molar-refractivity contribution in [2.24, 2.45) is 0 Å². The van der Waals surface area contributed by atoms with Crippen LogP contribution >= 0.6 is 0 Å². The first kappa shape index (κ1) is 14.1. The average Bonchev–Trinajstić information content (AvgIpc) is 2.22. The molecule has 0 saturated carbocycles. The van der Waals surface area contributed by atoms with Crippen molar-refractivity contribution >= 4 is 11.5 Å². The van der Waals surface area contributed by atoms with E-state index in [1.807, 2.05) is 0 Å². The molecular formula is C11H7F5O2. The summed E-state index contributed by atoms with van der Waals surface area (Å²) in [5.41, 5.74) is -2.27. The third kappa shape index (κ3) is 3.54. The van der Waals surface area contributed by atoms with Crippen LogP contribution in [-0.2, 0) is 9.53 Å². The van der Waals surface area contributed by atoms with Gasteiger partial charge in [-0.2, -0.15) is 13.2 Å². The van der Waals surface area contributed by atoms with Gasteiger partial charge in [-0.25, -0.2) is 13.6 Å². The van der Waals surface area contributed by atoms with E-state index in [0.29, 0.717) is 18.2 Å². The van der Waals surface area contributed by atoms with Gasteiger partial charge in [-0.05, 0) is 17.7 Å². The lowest BCUT2D eigenvalue weighted by atomic mass is 10.0. The minimum atomic E-state index is -4.94. The predicted molar refractivity (Wildman–Crippen MR) is 52.4 cm³/mol. The van der Waals surface area contributed by atoms with E-state index >= 15 is 0 Å². The fourth-order valence-corrected chi connectivity index (χ4v) is 1.21.